The molecule has 1 aromatic carbocycles. The number of hydrogen-bond acceptors (Lipinski definition) is 5. The minimum Gasteiger partial charge on any atom is -0.342 e. The Balaban J connectivity index is 1.35. The van der Waals surface area contributed by atoms with Gasteiger partial charge in [0.1, 0.15) is 16.5 Å². The third kappa shape index (κ3) is 4.82. The summed E-state index contributed by atoms with van der Waals surface area (Å²) >= 11 is 1.39. The molecule has 2 fully saturated rings. The first-order valence-electron chi connectivity index (χ1n) is 10.1. The van der Waals surface area contributed by atoms with Crippen LogP contribution in [0.5, 0.6) is 0 Å². The third-order valence-corrected chi connectivity index (χ3v) is 6.40. The maximum Gasteiger partial charge on any atom is 0.273 e. The highest BCUT2D eigenvalue weighted by Gasteiger charge is 2.25. The smallest absolute Gasteiger partial charge is 0.273 e. The largest absolute Gasteiger partial charge is 0.342 e. The highest BCUT2D eigenvalue weighted by Crippen LogP contribution is 2.24. The summed E-state index contributed by atoms with van der Waals surface area (Å²) in [5.41, 5.74) is 1.23. The molecule has 2 amide bonds. The average molecular weight is 417 g/mol. The Hall–Kier alpha value is -2.32. The van der Waals surface area contributed by atoms with Crippen LogP contribution in [0.1, 0.15) is 29.8 Å². The molecule has 0 spiro atoms. The van der Waals surface area contributed by atoms with Gasteiger partial charge < -0.3 is 9.80 Å². The molecule has 2 saturated heterocycles. The number of likely N-dealkylation sites (tertiary alicyclic amines) is 1. The molecule has 29 heavy (non-hydrogen) atoms. The molecule has 154 valence electrons. The molecule has 2 aliphatic rings. The lowest BCUT2D eigenvalue weighted by Gasteiger charge is -2.23. The van der Waals surface area contributed by atoms with Crippen LogP contribution in [-0.2, 0) is 4.79 Å². The molecule has 0 aliphatic carbocycles. The van der Waals surface area contributed by atoms with Crippen molar-refractivity contribution < 1.29 is 14.0 Å². The van der Waals surface area contributed by atoms with E-state index in [0.29, 0.717) is 36.9 Å². The van der Waals surface area contributed by atoms with Crippen LogP contribution in [0.3, 0.4) is 0 Å². The van der Waals surface area contributed by atoms with Crippen molar-refractivity contribution in [3.63, 3.8) is 0 Å². The van der Waals surface area contributed by atoms with Gasteiger partial charge in [0.2, 0.25) is 5.91 Å². The Labute approximate surface area is 173 Å². The van der Waals surface area contributed by atoms with E-state index in [2.05, 4.69) is 9.88 Å². The maximum absolute atomic E-state index is 13.1. The zero-order valence-electron chi connectivity index (χ0n) is 16.3. The van der Waals surface area contributed by atoms with Gasteiger partial charge in [-0.1, -0.05) is 0 Å². The highest BCUT2D eigenvalue weighted by molar-refractivity contribution is 7.13. The summed E-state index contributed by atoms with van der Waals surface area (Å²) < 4.78 is 13.1. The van der Waals surface area contributed by atoms with Crippen LogP contribution < -0.4 is 0 Å². The minimum atomic E-state index is -0.293. The number of halogens is 1. The Morgan fingerprint density at radius 2 is 1.66 bits per heavy atom. The van der Waals surface area contributed by atoms with Gasteiger partial charge in [0, 0.05) is 50.2 Å². The quantitative estimate of drug-likeness (QED) is 0.769. The molecule has 0 N–H and O–H groups in total. The summed E-state index contributed by atoms with van der Waals surface area (Å²) in [6, 6.07) is 6.13. The Bertz CT molecular complexity index is 864. The molecule has 2 aliphatic heterocycles. The first-order valence-corrected chi connectivity index (χ1v) is 11.0. The van der Waals surface area contributed by atoms with Crippen molar-refractivity contribution in [2.24, 2.45) is 0 Å². The number of rotatable bonds is 4. The van der Waals surface area contributed by atoms with Crippen molar-refractivity contribution in [2.45, 2.75) is 19.3 Å². The molecular weight excluding hydrogens is 391 g/mol. The van der Waals surface area contributed by atoms with E-state index >= 15 is 0 Å². The van der Waals surface area contributed by atoms with E-state index in [4.69, 9.17) is 0 Å². The van der Waals surface area contributed by atoms with Crippen molar-refractivity contribution in [1.82, 2.24) is 19.7 Å². The van der Waals surface area contributed by atoms with Gasteiger partial charge in [0.25, 0.3) is 5.91 Å². The van der Waals surface area contributed by atoms with Crippen LogP contribution in [-0.4, -0.2) is 77.3 Å². The number of hydrogen-bond donors (Lipinski definition) is 0. The van der Waals surface area contributed by atoms with E-state index in [1.165, 1.54) is 23.5 Å². The fraction of sp³-hybridized carbons (Fsp3) is 0.476. The molecule has 1 aromatic heterocycles. The van der Waals surface area contributed by atoms with Crippen LogP contribution in [0, 0.1) is 5.82 Å². The molecule has 0 bridgehead atoms. The third-order valence-electron chi connectivity index (χ3n) is 5.51. The lowest BCUT2D eigenvalue weighted by atomic mass is 10.2. The summed E-state index contributed by atoms with van der Waals surface area (Å²) in [7, 11) is 0. The van der Waals surface area contributed by atoms with E-state index in [1.807, 2.05) is 9.80 Å². The second-order valence-electron chi connectivity index (χ2n) is 7.55. The van der Waals surface area contributed by atoms with Gasteiger partial charge in [-0.15, -0.1) is 11.3 Å². The van der Waals surface area contributed by atoms with Crippen molar-refractivity contribution >= 4 is 23.2 Å². The topological polar surface area (TPSA) is 56.8 Å². The molecule has 0 atom stereocenters. The fourth-order valence-electron chi connectivity index (χ4n) is 3.85. The predicted molar refractivity (Wildman–Crippen MR) is 110 cm³/mol. The number of benzene rings is 1. The minimum absolute atomic E-state index is 0.0812. The highest BCUT2D eigenvalue weighted by atomic mass is 32.1. The van der Waals surface area contributed by atoms with Crippen LogP contribution in [0.15, 0.2) is 29.6 Å². The normalized spacial score (nSPS) is 18.1. The van der Waals surface area contributed by atoms with Crippen LogP contribution >= 0.6 is 11.3 Å². The van der Waals surface area contributed by atoms with Gasteiger partial charge in [0.05, 0.1) is 6.54 Å². The van der Waals surface area contributed by atoms with Crippen LogP contribution in [0.2, 0.25) is 0 Å². The number of carbonyl (C=O) groups excluding carboxylic acids is 2. The average Bonchev–Trinajstić information content (AvgIpc) is 3.38. The molecule has 0 saturated carbocycles. The summed E-state index contributed by atoms with van der Waals surface area (Å²) in [5.74, 6) is -0.174. The predicted octanol–water partition coefficient (Wildman–Crippen LogP) is 2.72. The van der Waals surface area contributed by atoms with E-state index in [-0.39, 0.29) is 17.6 Å². The molecule has 0 unspecified atom stereocenters. The van der Waals surface area contributed by atoms with Crippen LogP contribution in [0.25, 0.3) is 10.6 Å². The van der Waals surface area contributed by atoms with Gasteiger partial charge in [-0.3, -0.25) is 14.5 Å². The summed E-state index contributed by atoms with van der Waals surface area (Å²) in [4.78, 5) is 35.7. The first kappa shape index (κ1) is 20.0. The lowest BCUT2D eigenvalue weighted by Crippen LogP contribution is -2.41. The number of carbonyl (C=O) groups is 2. The number of aromatic nitrogens is 1. The molecule has 8 heteroatoms. The monoisotopic (exact) mass is 416 g/mol. The molecule has 6 nitrogen and oxygen atoms in total. The van der Waals surface area contributed by atoms with Crippen molar-refractivity contribution in [3.8, 4) is 10.6 Å². The summed E-state index contributed by atoms with van der Waals surface area (Å²) in [5, 5.41) is 2.47. The number of amides is 2. The summed E-state index contributed by atoms with van der Waals surface area (Å²) in [6.07, 6.45) is 3.04. The van der Waals surface area contributed by atoms with Crippen molar-refractivity contribution in [3.05, 3.63) is 41.2 Å². The zero-order chi connectivity index (χ0) is 20.2. The second-order valence-corrected chi connectivity index (χ2v) is 8.41. The zero-order valence-corrected chi connectivity index (χ0v) is 17.2. The number of thiazole rings is 1. The van der Waals surface area contributed by atoms with E-state index in [1.54, 1.807) is 17.5 Å². The van der Waals surface area contributed by atoms with Gasteiger partial charge in [-0.05, 0) is 43.5 Å². The summed E-state index contributed by atoms with van der Waals surface area (Å²) in [6.45, 7) is 4.95. The van der Waals surface area contributed by atoms with Crippen molar-refractivity contribution in [1.29, 1.82) is 0 Å². The van der Waals surface area contributed by atoms with E-state index in [9.17, 15) is 14.0 Å². The maximum atomic E-state index is 13.1. The second kappa shape index (κ2) is 9.00. The SMILES string of the molecule is O=C(CN1CCCN(C(=O)c2csc(-c3ccc(F)cc3)n2)CC1)N1CCCC1. The van der Waals surface area contributed by atoms with Crippen LogP contribution in [0.4, 0.5) is 4.39 Å². The Morgan fingerprint density at radius 1 is 0.931 bits per heavy atom. The van der Waals surface area contributed by atoms with Gasteiger partial charge in [-0.25, -0.2) is 9.37 Å². The van der Waals surface area contributed by atoms with E-state index < -0.39 is 0 Å². The molecular formula is C21H25FN4O2S. The fourth-order valence-corrected chi connectivity index (χ4v) is 4.65. The van der Waals surface area contributed by atoms with Crippen molar-refractivity contribution in [2.75, 3.05) is 45.8 Å². The van der Waals surface area contributed by atoms with Gasteiger partial charge in [-0.2, -0.15) is 0 Å². The molecule has 0 radical (unpaired) electrons. The van der Waals surface area contributed by atoms with Gasteiger partial charge in [0.15, 0.2) is 0 Å². The lowest BCUT2D eigenvalue weighted by molar-refractivity contribution is -0.131. The molecule has 2 aromatic rings. The molecule has 3 heterocycles. The van der Waals surface area contributed by atoms with E-state index in [0.717, 1.165) is 44.5 Å². The number of nitrogens with zero attached hydrogens (tertiary/aromatic N) is 4. The first-order chi connectivity index (χ1) is 14.1. The standard InChI is InChI=1S/C21H25FN4O2S/c22-17-6-4-16(5-7-17)20-23-18(15-29-20)21(28)26-11-3-8-24(12-13-26)14-19(27)25-9-1-2-10-25/h4-7,15H,1-3,8-14H2. The molecule has 4 rings (SSSR count). The Kier molecular flexibility index (Phi) is 6.20. The van der Waals surface area contributed by atoms with Gasteiger partial charge >= 0.3 is 0 Å². The Morgan fingerprint density at radius 3 is 2.41 bits per heavy atom.